The van der Waals surface area contributed by atoms with E-state index < -0.39 is 0 Å². The van der Waals surface area contributed by atoms with E-state index in [-0.39, 0.29) is 11.5 Å². The molecule has 0 spiro atoms. The van der Waals surface area contributed by atoms with Gasteiger partial charge in [0.2, 0.25) is 0 Å². The van der Waals surface area contributed by atoms with Crippen molar-refractivity contribution in [3.05, 3.63) is 118 Å². The third-order valence-electron chi connectivity index (χ3n) is 5.36. The summed E-state index contributed by atoms with van der Waals surface area (Å²) >= 11 is 0. The number of hydrogen-bond donors (Lipinski definition) is 1. The van der Waals surface area contributed by atoms with Crippen molar-refractivity contribution in [1.82, 2.24) is 24.8 Å². The maximum absolute atomic E-state index is 12.5. The van der Waals surface area contributed by atoms with Gasteiger partial charge in [-0.3, -0.25) is 9.59 Å². The molecule has 1 N–H and O–H groups in total. The van der Waals surface area contributed by atoms with Gasteiger partial charge in [0.1, 0.15) is 12.2 Å². The summed E-state index contributed by atoms with van der Waals surface area (Å²) in [4.78, 5) is 37.0. The smallest absolute Gasteiger partial charge is 0.276 e. The van der Waals surface area contributed by atoms with Gasteiger partial charge in [-0.2, -0.15) is 4.98 Å². The molecule has 0 radical (unpaired) electrons. The van der Waals surface area contributed by atoms with Gasteiger partial charge >= 0.3 is 0 Å². The molecule has 4 rings (SSSR count). The summed E-state index contributed by atoms with van der Waals surface area (Å²) in [6.07, 6.45) is 8.82. The number of benzene rings is 2. The van der Waals surface area contributed by atoms with Crippen LogP contribution in [0.4, 0.5) is 0 Å². The number of nitrogens with zero attached hydrogens (tertiary/aromatic N) is 4. The molecular weight excluding hydrogens is 414 g/mol. The summed E-state index contributed by atoms with van der Waals surface area (Å²) in [6, 6.07) is 17.5. The highest BCUT2D eigenvalue weighted by molar-refractivity contribution is 5.94. The van der Waals surface area contributed by atoms with Crippen LogP contribution in [0.5, 0.6) is 0 Å². The monoisotopic (exact) mass is 439 g/mol. The molecule has 0 saturated heterocycles. The zero-order valence-corrected chi connectivity index (χ0v) is 18.4. The Morgan fingerprint density at radius 1 is 0.970 bits per heavy atom. The minimum atomic E-state index is -0.265. The zero-order chi connectivity index (χ0) is 23.0. The van der Waals surface area contributed by atoms with Gasteiger partial charge in [-0.05, 0) is 55.2 Å². The maximum Gasteiger partial charge on any atom is 0.276 e. The Morgan fingerprint density at radius 2 is 1.70 bits per heavy atom. The van der Waals surface area contributed by atoms with Crippen LogP contribution in [0.25, 0.3) is 5.69 Å². The lowest BCUT2D eigenvalue weighted by Crippen LogP contribution is -2.24. The Bertz CT molecular complexity index is 1270. The molecule has 1 amide bonds. The van der Waals surface area contributed by atoms with E-state index in [1.807, 2.05) is 34.9 Å². The number of amides is 1. The summed E-state index contributed by atoms with van der Waals surface area (Å²) in [5.41, 5.74) is 3.80. The van der Waals surface area contributed by atoms with Crippen LogP contribution in [-0.4, -0.2) is 32.0 Å². The lowest BCUT2D eigenvalue weighted by Gasteiger charge is -2.12. The molecule has 2 aromatic heterocycles. The second-order valence-corrected chi connectivity index (χ2v) is 7.80. The van der Waals surface area contributed by atoms with Crippen molar-refractivity contribution in [2.24, 2.45) is 0 Å². The number of hydrogen-bond acceptors (Lipinski definition) is 5. The Kier molecular flexibility index (Phi) is 6.99. The molecule has 7 nitrogen and oxygen atoms in total. The molecule has 0 fully saturated rings. The molecule has 0 atom stereocenters. The average Bonchev–Trinajstić information content (AvgIpc) is 2.85. The predicted molar refractivity (Wildman–Crippen MR) is 127 cm³/mol. The van der Waals surface area contributed by atoms with Gasteiger partial charge in [-0.15, -0.1) is 0 Å². The third kappa shape index (κ3) is 5.77. The van der Waals surface area contributed by atoms with Gasteiger partial charge in [-0.25, -0.2) is 9.97 Å². The molecule has 166 valence electrons. The fourth-order valence-corrected chi connectivity index (χ4v) is 3.62. The Balaban J connectivity index is 1.41. The van der Waals surface area contributed by atoms with Crippen LogP contribution in [0.15, 0.2) is 84.3 Å². The summed E-state index contributed by atoms with van der Waals surface area (Å²) < 4.78 is 1.85. The zero-order valence-electron chi connectivity index (χ0n) is 18.4. The van der Waals surface area contributed by atoms with E-state index in [9.17, 15) is 9.59 Å². The highest BCUT2D eigenvalue weighted by Crippen LogP contribution is 2.13. The Morgan fingerprint density at radius 3 is 2.42 bits per heavy atom. The first-order valence-electron chi connectivity index (χ1n) is 10.9. The van der Waals surface area contributed by atoms with Gasteiger partial charge < -0.3 is 9.88 Å². The molecular formula is C26H25N5O2. The van der Waals surface area contributed by atoms with E-state index in [0.717, 1.165) is 24.1 Å². The lowest BCUT2D eigenvalue weighted by molar-refractivity contribution is 0.0953. The van der Waals surface area contributed by atoms with Crippen molar-refractivity contribution in [3.63, 3.8) is 0 Å². The van der Waals surface area contributed by atoms with Gasteiger partial charge in [0.15, 0.2) is 0 Å². The van der Waals surface area contributed by atoms with Crippen molar-refractivity contribution in [2.45, 2.75) is 26.2 Å². The minimum absolute atomic E-state index is 0.103. The molecule has 0 unspecified atom stereocenters. The van der Waals surface area contributed by atoms with Crippen LogP contribution in [0.1, 0.15) is 39.3 Å². The first kappa shape index (κ1) is 22.1. The van der Waals surface area contributed by atoms with Gasteiger partial charge in [-0.1, -0.05) is 30.3 Å². The molecule has 2 aromatic carbocycles. The molecule has 0 aliphatic rings. The molecule has 0 aliphatic carbocycles. The molecule has 0 aliphatic heterocycles. The molecule has 7 heteroatoms. The normalized spacial score (nSPS) is 10.7. The van der Waals surface area contributed by atoms with E-state index in [0.29, 0.717) is 29.9 Å². The molecule has 2 heterocycles. The minimum Gasteiger partial charge on any atom is -0.352 e. The lowest BCUT2D eigenvalue weighted by atomic mass is 10.1. The number of nitrogens with one attached hydrogen (secondary N) is 1. The standard InChI is InChI=1S/C26H25N5O2/c1-19-30-26(33)23(14-21-15-27-18-28-16-21)17-31(19)24-11-9-22(10-12-24)25(32)29-13-5-8-20-6-3-2-4-7-20/h2-4,6-7,9-12,15-18H,5,8,13-14H2,1H3,(H,29,32). The largest absolute Gasteiger partial charge is 0.352 e. The number of carbonyl (C=O) groups is 1. The summed E-state index contributed by atoms with van der Waals surface area (Å²) in [5, 5.41) is 2.97. The van der Waals surface area contributed by atoms with Gasteiger partial charge in [0.05, 0.1) is 0 Å². The molecule has 0 saturated carbocycles. The van der Waals surface area contributed by atoms with E-state index in [4.69, 9.17) is 0 Å². The number of rotatable bonds is 8. The number of carbonyl (C=O) groups excluding carboxylic acids is 1. The van der Waals surface area contributed by atoms with Crippen LogP contribution >= 0.6 is 0 Å². The summed E-state index contributed by atoms with van der Waals surface area (Å²) in [7, 11) is 0. The molecule has 33 heavy (non-hydrogen) atoms. The fraction of sp³-hybridized carbons (Fsp3) is 0.192. The molecule has 0 bridgehead atoms. The van der Waals surface area contributed by atoms with Crippen LogP contribution in [-0.2, 0) is 12.8 Å². The summed E-state index contributed by atoms with van der Waals surface area (Å²) in [5.74, 6) is 0.473. The SMILES string of the molecule is Cc1nc(=O)c(Cc2cncnc2)cn1-c1ccc(C(=O)NCCCc2ccccc2)cc1. The van der Waals surface area contributed by atoms with E-state index in [1.54, 1.807) is 37.6 Å². The number of aryl methyl sites for hydroxylation is 2. The van der Waals surface area contributed by atoms with Crippen LogP contribution in [0, 0.1) is 6.92 Å². The second kappa shape index (κ2) is 10.5. The van der Waals surface area contributed by atoms with Crippen molar-refractivity contribution in [2.75, 3.05) is 6.54 Å². The maximum atomic E-state index is 12.5. The van der Waals surface area contributed by atoms with E-state index in [1.165, 1.54) is 11.9 Å². The quantitative estimate of drug-likeness (QED) is 0.426. The second-order valence-electron chi connectivity index (χ2n) is 7.80. The van der Waals surface area contributed by atoms with Crippen molar-refractivity contribution in [3.8, 4) is 5.69 Å². The van der Waals surface area contributed by atoms with E-state index in [2.05, 4.69) is 32.4 Å². The first-order chi connectivity index (χ1) is 16.1. The topological polar surface area (TPSA) is 89.8 Å². The predicted octanol–water partition coefficient (Wildman–Crippen LogP) is 3.28. The Hall–Kier alpha value is -4.13. The van der Waals surface area contributed by atoms with Crippen LogP contribution < -0.4 is 10.9 Å². The average molecular weight is 440 g/mol. The van der Waals surface area contributed by atoms with Crippen molar-refractivity contribution < 1.29 is 4.79 Å². The van der Waals surface area contributed by atoms with Crippen LogP contribution in [0.3, 0.4) is 0 Å². The van der Waals surface area contributed by atoms with Gasteiger partial charge in [0.25, 0.3) is 11.5 Å². The highest BCUT2D eigenvalue weighted by Gasteiger charge is 2.10. The van der Waals surface area contributed by atoms with Crippen molar-refractivity contribution in [1.29, 1.82) is 0 Å². The first-order valence-corrected chi connectivity index (χ1v) is 10.9. The third-order valence-corrected chi connectivity index (χ3v) is 5.36. The number of aromatic nitrogens is 4. The van der Waals surface area contributed by atoms with Crippen molar-refractivity contribution >= 4 is 5.91 Å². The van der Waals surface area contributed by atoms with E-state index >= 15 is 0 Å². The highest BCUT2D eigenvalue weighted by atomic mass is 16.1. The van der Waals surface area contributed by atoms with Crippen LogP contribution in [0.2, 0.25) is 0 Å². The molecule has 4 aromatic rings. The fourth-order valence-electron chi connectivity index (χ4n) is 3.62. The van der Waals surface area contributed by atoms with Gasteiger partial charge in [0, 0.05) is 48.4 Å². The Labute approximate surface area is 192 Å². The summed E-state index contributed by atoms with van der Waals surface area (Å²) in [6.45, 7) is 2.40.